The number of carbonyl (C=O) groups excluding carboxylic acids is 3. The average molecular weight is 609 g/mol. The normalized spacial score (nSPS) is 12.7. The SMILES string of the molecule is Cc1ccc(CCCC(=O)NCCCCC(NC(=O)CCC(NC(=O)NC(CCC(=O)O)C(=O)O)C(=O)O)C(=O)O)cc1. The molecule has 1 rings (SSSR count). The summed E-state index contributed by atoms with van der Waals surface area (Å²) in [5.41, 5.74) is 2.32. The van der Waals surface area contributed by atoms with E-state index in [2.05, 4.69) is 10.6 Å². The van der Waals surface area contributed by atoms with Gasteiger partial charge in [-0.2, -0.15) is 0 Å². The highest BCUT2D eigenvalue weighted by molar-refractivity contribution is 5.87. The van der Waals surface area contributed by atoms with Crippen LogP contribution >= 0.6 is 0 Å². The van der Waals surface area contributed by atoms with Crippen LogP contribution in [0.5, 0.6) is 0 Å². The van der Waals surface area contributed by atoms with Crippen molar-refractivity contribution in [3.63, 3.8) is 0 Å². The van der Waals surface area contributed by atoms with Gasteiger partial charge in [-0.15, -0.1) is 0 Å². The first-order valence-electron chi connectivity index (χ1n) is 13.9. The lowest BCUT2D eigenvalue weighted by molar-refractivity contribution is -0.142. The van der Waals surface area contributed by atoms with Crippen molar-refractivity contribution in [3.8, 4) is 0 Å². The quantitative estimate of drug-likeness (QED) is 0.0915. The standard InChI is InChI=1S/C28H40N4O11/c1-17-8-10-18(11-9-17)5-4-7-22(33)29-16-3-2-6-19(25(37)38)30-23(34)14-12-20(26(39)40)31-28(43)32-21(27(41)42)13-15-24(35)36/h8-11,19-21H,2-7,12-16H2,1H3,(H,29,33)(H,30,34)(H,35,36)(H,37,38)(H,39,40)(H,41,42)(H2,31,32,43). The van der Waals surface area contributed by atoms with E-state index in [0.717, 1.165) is 12.0 Å². The van der Waals surface area contributed by atoms with E-state index in [-0.39, 0.29) is 12.3 Å². The molecule has 43 heavy (non-hydrogen) atoms. The third-order valence-corrected chi connectivity index (χ3v) is 6.38. The zero-order valence-electron chi connectivity index (χ0n) is 24.0. The zero-order valence-corrected chi connectivity index (χ0v) is 24.0. The summed E-state index contributed by atoms with van der Waals surface area (Å²) in [6.45, 7) is 2.35. The van der Waals surface area contributed by atoms with E-state index in [1.165, 1.54) is 5.56 Å². The Hall–Kier alpha value is -4.69. The molecule has 0 radical (unpaired) electrons. The van der Waals surface area contributed by atoms with E-state index >= 15 is 0 Å². The van der Waals surface area contributed by atoms with E-state index in [0.29, 0.717) is 32.2 Å². The molecule has 1 aromatic rings. The fraction of sp³-hybridized carbons (Fsp3) is 0.536. The van der Waals surface area contributed by atoms with E-state index in [9.17, 15) is 43.8 Å². The molecule has 1 aromatic carbocycles. The van der Waals surface area contributed by atoms with E-state index < -0.39 is 79.6 Å². The lowest BCUT2D eigenvalue weighted by Gasteiger charge is -2.19. The summed E-state index contributed by atoms with van der Waals surface area (Å²) in [5, 5.41) is 45.6. The predicted molar refractivity (Wildman–Crippen MR) is 151 cm³/mol. The van der Waals surface area contributed by atoms with Crippen LogP contribution in [0.1, 0.15) is 68.9 Å². The molecule has 3 unspecified atom stereocenters. The van der Waals surface area contributed by atoms with Crippen molar-refractivity contribution >= 4 is 41.7 Å². The smallest absolute Gasteiger partial charge is 0.326 e. The molecule has 0 saturated heterocycles. The number of carboxylic acids is 4. The summed E-state index contributed by atoms with van der Waals surface area (Å²) in [6, 6.07) is 2.46. The Bertz CT molecular complexity index is 1120. The number of benzene rings is 1. The van der Waals surface area contributed by atoms with Crippen LogP contribution in [-0.2, 0) is 35.2 Å². The average Bonchev–Trinajstić information content (AvgIpc) is 2.92. The van der Waals surface area contributed by atoms with Crippen molar-refractivity contribution in [1.29, 1.82) is 0 Å². The Balaban J connectivity index is 2.39. The van der Waals surface area contributed by atoms with Gasteiger partial charge < -0.3 is 41.7 Å². The third kappa shape index (κ3) is 16.4. The van der Waals surface area contributed by atoms with Crippen molar-refractivity contribution in [2.45, 2.75) is 89.3 Å². The monoisotopic (exact) mass is 608 g/mol. The van der Waals surface area contributed by atoms with Crippen molar-refractivity contribution in [2.24, 2.45) is 0 Å². The van der Waals surface area contributed by atoms with E-state index in [1.807, 2.05) is 41.8 Å². The molecule has 0 spiro atoms. The number of unbranched alkanes of at least 4 members (excludes halogenated alkanes) is 1. The highest BCUT2D eigenvalue weighted by atomic mass is 16.4. The molecule has 4 amide bonds. The van der Waals surface area contributed by atoms with Gasteiger partial charge in [-0.05, 0) is 57.4 Å². The number of urea groups is 1. The third-order valence-electron chi connectivity index (χ3n) is 6.38. The Kier molecular flexibility index (Phi) is 16.4. The minimum atomic E-state index is -1.61. The first-order chi connectivity index (χ1) is 20.3. The number of amides is 4. The van der Waals surface area contributed by atoms with E-state index in [4.69, 9.17) is 10.2 Å². The number of carboxylic acid groups (broad SMARTS) is 4. The molecule has 8 N–H and O–H groups in total. The molecule has 238 valence electrons. The molecule has 0 aliphatic heterocycles. The number of rotatable bonds is 21. The van der Waals surface area contributed by atoms with Gasteiger partial charge in [-0.1, -0.05) is 29.8 Å². The number of hydrogen-bond donors (Lipinski definition) is 8. The molecule has 0 aliphatic rings. The number of aliphatic carboxylic acids is 4. The summed E-state index contributed by atoms with van der Waals surface area (Å²) < 4.78 is 0. The fourth-order valence-electron chi connectivity index (χ4n) is 3.94. The number of carbonyl (C=O) groups is 7. The van der Waals surface area contributed by atoms with Crippen LogP contribution in [-0.4, -0.2) is 86.8 Å². The van der Waals surface area contributed by atoms with Crippen LogP contribution in [0.2, 0.25) is 0 Å². The molecule has 0 aromatic heterocycles. The molecule has 0 bridgehead atoms. The van der Waals surface area contributed by atoms with Gasteiger partial charge in [0.2, 0.25) is 11.8 Å². The zero-order chi connectivity index (χ0) is 32.4. The minimum absolute atomic E-state index is 0.0697. The van der Waals surface area contributed by atoms with Gasteiger partial charge in [-0.3, -0.25) is 14.4 Å². The van der Waals surface area contributed by atoms with Gasteiger partial charge in [0.15, 0.2) is 0 Å². The summed E-state index contributed by atoms with van der Waals surface area (Å²) >= 11 is 0. The van der Waals surface area contributed by atoms with Crippen LogP contribution in [0.4, 0.5) is 4.79 Å². The Morgan fingerprint density at radius 2 is 1.16 bits per heavy atom. The maximum absolute atomic E-state index is 12.3. The Morgan fingerprint density at radius 3 is 1.70 bits per heavy atom. The summed E-state index contributed by atoms with van der Waals surface area (Å²) in [4.78, 5) is 81.3. The van der Waals surface area contributed by atoms with Crippen LogP contribution in [0, 0.1) is 6.92 Å². The van der Waals surface area contributed by atoms with Gasteiger partial charge in [0.25, 0.3) is 0 Å². The van der Waals surface area contributed by atoms with Crippen LogP contribution in [0.3, 0.4) is 0 Å². The maximum atomic E-state index is 12.3. The molecule has 15 heteroatoms. The molecule has 0 saturated carbocycles. The van der Waals surface area contributed by atoms with Gasteiger partial charge in [0.05, 0.1) is 0 Å². The number of aryl methyl sites for hydroxylation is 2. The summed E-state index contributed by atoms with van der Waals surface area (Å²) in [7, 11) is 0. The van der Waals surface area contributed by atoms with Crippen LogP contribution in [0.25, 0.3) is 0 Å². The van der Waals surface area contributed by atoms with Crippen LogP contribution < -0.4 is 21.3 Å². The first-order valence-corrected chi connectivity index (χ1v) is 13.9. The predicted octanol–water partition coefficient (Wildman–Crippen LogP) is 1.02. The van der Waals surface area contributed by atoms with Crippen molar-refractivity contribution < 1.29 is 54.0 Å². The second-order valence-corrected chi connectivity index (χ2v) is 10.0. The molecular weight excluding hydrogens is 568 g/mol. The highest BCUT2D eigenvalue weighted by Gasteiger charge is 2.26. The second kappa shape index (κ2) is 19.4. The second-order valence-electron chi connectivity index (χ2n) is 10.0. The van der Waals surface area contributed by atoms with Gasteiger partial charge >= 0.3 is 29.9 Å². The minimum Gasteiger partial charge on any atom is -0.481 e. The molecule has 0 fully saturated rings. The Morgan fingerprint density at radius 1 is 0.628 bits per heavy atom. The molecule has 0 heterocycles. The van der Waals surface area contributed by atoms with Gasteiger partial charge in [-0.25, -0.2) is 19.2 Å². The summed E-state index contributed by atoms with van der Waals surface area (Å²) in [5.74, 6) is -6.49. The van der Waals surface area contributed by atoms with Gasteiger partial charge in [0, 0.05) is 25.8 Å². The van der Waals surface area contributed by atoms with Crippen molar-refractivity contribution in [1.82, 2.24) is 21.3 Å². The number of hydrogen-bond acceptors (Lipinski definition) is 7. The van der Waals surface area contributed by atoms with Crippen LogP contribution in [0.15, 0.2) is 24.3 Å². The topological polar surface area (TPSA) is 249 Å². The Labute approximate surface area is 248 Å². The number of nitrogens with one attached hydrogen (secondary N) is 4. The fourth-order valence-corrected chi connectivity index (χ4v) is 3.94. The summed E-state index contributed by atoms with van der Waals surface area (Å²) in [6.07, 6.45) is 0.903. The van der Waals surface area contributed by atoms with Crippen molar-refractivity contribution in [2.75, 3.05) is 6.54 Å². The van der Waals surface area contributed by atoms with E-state index in [1.54, 1.807) is 0 Å². The van der Waals surface area contributed by atoms with Crippen molar-refractivity contribution in [3.05, 3.63) is 35.4 Å². The largest absolute Gasteiger partial charge is 0.481 e. The lowest BCUT2D eigenvalue weighted by atomic mass is 10.1. The molecule has 15 nitrogen and oxygen atoms in total. The molecule has 3 atom stereocenters. The molecular formula is C28H40N4O11. The maximum Gasteiger partial charge on any atom is 0.326 e. The highest BCUT2D eigenvalue weighted by Crippen LogP contribution is 2.08. The molecule has 0 aliphatic carbocycles. The lowest BCUT2D eigenvalue weighted by Crippen LogP contribution is -2.51. The first kappa shape index (κ1) is 36.3. The van der Waals surface area contributed by atoms with Gasteiger partial charge in [0.1, 0.15) is 18.1 Å².